The second-order valence-corrected chi connectivity index (χ2v) is 5.54. The summed E-state index contributed by atoms with van der Waals surface area (Å²) >= 11 is 0. The van der Waals surface area contributed by atoms with Crippen molar-refractivity contribution in [2.24, 2.45) is 0 Å². The van der Waals surface area contributed by atoms with Gasteiger partial charge in [0.2, 0.25) is 5.89 Å². The molecule has 1 heterocycles. The van der Waals surface area contributed by atoms with Crippen LogP contribution in [0.3, 0.4) is 0 Å². The maximum Gasteiger partial charge on any atom is 0.231 e. The second-order valence-electron chi connectivity index (χ2n) is 5.54. The third-order valence-electron chi connectivity index (χ3n) is 4.09. The van der Waals surface area contributed by atoms with Gasteiger partial charge >= 0.3 is 0 Å². The normalized spacial score (nSPS) is 23.1. The van der Waals surface area contributed by atoms with E-state index in [9.17, 15) is 0 Å². The SMILES string of the molecule is CNC1CCCCCC1c1nc(CCOCCOC)no1. The molecule has 0 aromatic carbocycles. The van der Waals surface area contributed by atoms with Crippen LogP contribution in [-0.2, 0) is 15.9 Å². The van der Waals surface area contributed by atoms with E-state index in [2.05, 4.69) is 15.5 Å². The first kappa shape index (κ1) is 16.4. The Morgan fingerprint density at radius 1 is 1.19 bits per heavy atom. The first-order chi connectivity index (χ1) is 10.3. The molecule has 1 aromatic rings. The van der Waals surface area contributed by atoms with Crippen molar-refractivity contribution in [2.45, 2.75) is 50.5 Å². The minimum Gasteiger partial charge on any atom is -0.382 e. The lowest BCUT2D eigenvalue weighted by molar-refractivity contribution is 0.0714. The molecule has 1 aliphatic rings. The number of hydrogen-bond donors (Lipinski definition) is 1. The number of methoxy groups -OCH3 is 1. The van der Waals surface area contributed by atoms with Gasteiger partial charge in [-0.3, -0.25) is 0 Å². The predicted octanol–water partition coefficient (Wildman–Crippen LogP) is 1.91. The minimum absolute atomic E-state index is 0.341. The molecule has 1 saturated carbocycles. The standard InChI is InChI=1S/C15H27N3O3/c1-16-13-7-5-3-4-6-12(13)15-17-14(18-21-15)8-9-20-11-10-19-2/h12-13,16H,3-11H2,1-2H3. The zero-order valence-electron chi connectivity index (χ0n) is 13.1. The van der Waals surface area contributed by atoms with E-state index in [1.165, 1.54) is 25.7 Å². The molecule has 0 amide bonds. The Labute approximate surface area is 126 Å². The number of likely N-dealkylation sites (N-methyl/N-ethyl adjacent to an activating group) is 1. The van der Waals surface area contributed by atoms with Crippen molar-refractivity contribution < 1.29 is 14.0 Å². The summed E-state index contributed by atoms with van der Waals surface area (Å²) < 4.78 is 15.9. The van der Waals surface area contributed by atoms with E-state index in [-0.39, 0.29) is 0 Å². The van der Waals surface area contributed by atoms with E-state index in [1.54, 1.807) is 7.11 Å². The average Bonchev–Trinajstić information content (AvgIpc) is 2.83. The fourth-order valence-electron chi connectivity index (χ4n) is 2.88. The number of nitrogens with one attached hydrogen (secondary N) is 1. The van der Waals surface area contributed by atoms with Gasteiger partial charge in [-0.15, -0.1) is 0 Å². The monoisotopic (exact) mass is 297 g/mol. The highest BCUT2D eigenvalue weighted by molar-refractivity contribution is 5.00. The molecule has 6 heteroatoms. The Kier molecular flexibility index (Phi) is 7.12. The molecule has 1 aliphatic carbocycles. The summed E-state index contributed by atoms with van der Waals surface area (Å²) in [6.45, 7) is 1.82. The molecule has 0 spiro atoms. The van der Waals surface area contributed by atoms with Gasteiger partial charge in [-0.1, -0.05) is 24.4 Å². The Balaban J connectivity index is 1.85. The minimum atomic E-state index is 0.341. The van der Waals surface area contributed by atoms with Crippen LogP contribution in [0.25, 0.3) is 0 Å². The molecular weight excluding hydrogens is 270 g/mol. The maximum atomic E-state index is 5.49. The molecule has 21 heavy (non-hydrogen) atoms. The smallest absolute Gasteiger partial charge is 0.231 e. The topological polar surface area (TPSA) is 69.4 Å². The Morgan fingerprint density at radius 2 is 2.05 bits per heavy atom. The number of rotatable bonds is 8. The quantitative estimate of drug-likeness (QED) is 0.584. The van der Waals surface area contributed by atoms with Crippen LogP contribution >= 0.6 is 0 Å². The number of aromatic nitrogens is 2. The van der Waals surface area contributed by atoms with Crippen LogP contribution in [-0.4, -0.2) is 50.2 Å². The molecule has 0 radical (unpaired) electrons. The van der Waals surface area contributed by atoms with Crippen molar-refractivity contribution in [1.29, 1.82) is 0 Å². The van der Waals surface area contributed by atoms with Crippen molar-refractivity contribution in [3.05, 3.63) is 11.7 Å². The molecular formula is C15H27N3O3. The van der Waals surface area contributed by atoms with Crippen LogP contribution < -0.4 is 5.32 Å². The van der Waals surface area contributed by atoms with Crippen LogP contribution in [0.5, 0.6) is 0 Å². The fraction of sp³-hybridized carbons (Fsp3) is 0.867. The highest BCUT2D eigenvalue weighted by Gasteiger charge is 2.28. The van der Waals surface area contributed by atoms with Gasteiger partial charge in [0.25, 0.3) is 0 Å². The van der Waals surface area contributed by atoms with E-state index in [1.807, 2.05) is 7.05 Å². The highest BCUT2D eigenvalue weighted by atomic mass is 16.5. The summed E-state index contributed by atoms with van der Waals surface area (Å²) in [6.07, 6.45) is 6.79. The van der Waals surface area contributed by atoms with E-state index >= 15 is 0 Å². The molecule has 1 fully saturated rings. The van der Waals surface area contributed by atoms with Gasteiger partial charge in [-0.2, -0.15) is 4.98 Å². The fourth-order valence-corrected chi connectivity index (χ4v) is 2.88. The Hall–Kier alpha value is -0.980. The third kappa shape index (κ3) is 5.05. The van der Waals surface area contributed by atoms with E-state index < -0.39 is 0 Å². The summed E-state index contributed by atoms with van der Waals surface area (Å²) in [5.74, 6) is 1.86. The van der Waals surface area contributed by atoms with Crippen molar-refractivity contribution in [3.63, 3.8) is 0 Å². The van der Waals surface area contributed by atoms with Crippen LogP contribution in [0, 0.1) is 0 Å². The molecule has 2 unspecified atom stereocenters. The van der Waals surface area contributed by atoms with Gasteiger partial charge in [0.1, 0.15) is 0 Å². The van der Waals surface area contributed by atoms with Gasteiger partial charge in [-0.05, 0) is 19.9 Å². The zero-order chi connectivity index (χ0) is 14.9. The Morgan fingerprint density at radius 3 is 2.86 bits per heavy atom. The lowest BCUT2D eigenvalue weighted by Gasteiger charge is -2.20. The average molecular weight is 297 g/mol. The van der Waals surface area contributed by atoms with Crippen LogP contribution in [0.1, 0.15) is 49.7 Å². The van der Waals surface area contributed by atoms with E-state index in [0.29, 0.717) is 38.2 Å². The van der Waals surface area contributed by atoms with Crippen LogP contribution in [0.4, 0.5) is 0 Å². The van der Waals surface area contributed by atoms with Crippen molar-refractivity contribution >= 4 is 0 Å². The number of nitrogens with zero attached hydrogens (tertiary/aromatic N) is 2. The molecule has 1 aromatic heterocycles. The Bertz CT molecular complexity index is 397. The van der Waals surface area contributed by atoms with Gasteiger partial charge < -0.3 is 19.3 Å². The van der Waals surface area contributed by atoms with Gasteiger partial charge in [-0.25, -0.2) is 0 Å². The molecule has 0 bridgehead atoms. The van der Waals surface area contributed by atoms with Crippen molar-refractivity contribution in [1.82, 2.24) is 15.5 Å². The molecule has 0 saturated heterocycles. The largest absolute Gasteiger partial charge is 0.382 e. The molecule has 0 aliphatic heterocycles. The molecule has 120 valence electrons. The van der Waals surface area contributed by atoms with Gasteiger partial charge in [0, 0.05) is 19.6 Å². The summed E-state index contributed by atoms with van der Waals surface area (Å²) in [4.78, 5) is 4.56. The van der Waals surface area contributed by atoms with E-state index in [4.69, 9.17) is 14.0 Å². The molecule has 2 rings (SSSR count). The van der Waals surface area contributed by atoms with Gasteiger partial charge in [0.15, 0.2) is 5.82 Å². The first-order valence-corrected chi connectivity index (χ1v) is 7.91. The molecule has 1 N–H and O–H groups in total. The van der Waals surface area contributed by atoms with Crippen molar-refractivity contribution in [3.8, 4) is 0 Å². The lowest BCUT2D eigenvalue weighted by Crippen LogP contribution is -2.31. The maximum absolute atomic E-state index is 5.49. The summed E-state index contributed by atoms with van der Waals surface area (Å²) in [7, 11) is 3.68. The predicted molar refractivity (Wildman–Crippen MR) is 79.4 cm³/mol. The molecule has 2 atom stereocenters. The summed E-state index contributed by atoms with van der Waals surface area (Å²) in [6, 6.07) is 0.443. The highest BCUT2D eigenvalue weighted by Crippen LogP contribution is 2.30. The number of ether oxygens (including phenoxy) is 2. The third-order valence-corrected chi connectivity index (χ3v) is 4.09. The first-order valence-electron chi connectivity index (χ1n) is 7.91. The zero-order valence-corrected chi connectivity index (χ0v) is 13.1. The van der Waals surface area contributed by atoms with Crippen LogP contribution in [0.2, 0.25) is 0 Å². The molecule has 6 nitrogen and oxygen atoms in total. The van der Waals surface area contributed by atoms with Crippen LogP contribution in [0.15, 0.2) is 4.52 Å². The van der Waals surface area contributed by atoms with Gasteiger partial charge in [0.05, 0.1) is 25.7 Å². The summed E-state index contributed by atoms with van der Waals surface area (Å²) in [5, 5.41) is 7.49. The lowest BCUT2D eigenvalue weighted by atomic mass is 9.95. The number of hydrogen-bond acceptors (Lipinski definition) is 6. The van der Waals surface area contributed by atoms with Crippen molar-refractivity contribution in [2.75, 3.05) is 34.0 Å². The second kappa shape index (κ2) is 9.12. The van der Waals surface area contributed by atoms with E-state index in [0.717, 1.165) is 18.1 Å². The summed E-state index contributed by atoms with van der Waals surface area (Å²) in [5.41, 5.74) is 0.